The second-order valence-corrected chi connectivity index (χ2v) is 5.72. The van der Waals surface area contributed by atoms with Crippen LogP contribution in [0.25, 0.3) is 0 Å². The number of thiophene rings is 1. The summed E-state index contributed by atoms with van der Waals surface area (Å²) in [6.07, 6.45) is 0. The lowest BCUT2D eigenvalue weighted by Crippen LogP contribution is -2.15. The van der Waals surface area contributed by atoms with E-state index in [4.69, 9.17) is 32.7 Å². The van der Waals surface area contributed by atoms with Crippen LogP contribution in [0.4, 0.5) is 0 Å². The summed E-state index contributed by atoms with van der Waals surface area (Å²) < 4.78 is 11.0. The van der Waals surface area contributed by atoms with Gasteiger partial charge in [-0.2, -0.15) is 0 Å². The van der Waals surface area contributed by atoms with Gasteiger partial charge in [-0.3, -0.25) is 0 Å². The molecule has 3 rings (SSSR count). The minimum atomic E-state index is -0.256. The van der Waals surface area contributed by atoms with Crippen molar-refractivity contribution in [3.63, 3.8) is 0 Å². The second-order valence-electron chi connectivity index (χ2n) is 3.90. The van der Waals surface area contributed by atoms with Crippen LogP contribution < -0.4 is 9.47 Å². The highest BCUT2D eigenvalue weighted by atomic mass is 35.5. The number of hydrogen-bond acceptors (Lipinski definition) is 3. The van der Waals surface area contributed by atoms with Crippen LogP contribution in [-0.2, 0) is 0 Å². The molecule has 0 saturated heterocycles. The van der Waals surface area contributed by atoms with Crippen molar-refractivity contribution in [1.29, 1.82) is 0 Å². The zero-order valence-electron chi connectivity index (χ0n) is 9.36. The van der Waals surface area contributed by atoms with Gasteiger partial charge >= 0.3 is 0 Å². The van der Waals surface area contributed by atoms with Crippen LogP contribution >= 0.6 is 34.5 Å². The van der Waals surface area contributed by atoms with Gasteiger partial charge in [0.1, 0.15) is 13.2 Å². The summed E-state index contributed by atoms with van der Waals surface area (Å²) in [5.74, 6) is 1.40. The van der Waals surface area contributed by atoms with Crippen molar-refractivity contribution in [3.05, 3.63) is 45.1 Å². The number of ether oxygens (including phenoxy) is 2. The Hall–Kier alpha value is -0.900. The highest BCUT2D eigenvalue weighted by Crippen LogP contribution is 2.42. The smallest absolute Gasteiger partial charge is 0.162 e. The van der Waals surface area contributed by atoms with Gasteiger partial charge in [-0.05, 0) is 23.1 Å². The predicted octanol–water partition coefficient (Wildman–Crippen LogP) is 4.50. The fraction of sp³-hybridized carbons (Fsp3) is 0.231. The van der Waals surface area contributed by atoms with E-state index in [-0.39, 0.29) is 5.38 Å². The van der Waals surface area contributed by atoms with Crippen LogP contribution in [-0.4, -0.2) is 13.2 Å². The first kappa shape index (κ1) is 12.2. The molecule has 0 fully saturated rings. The minimum absolute atomic E-state index is 0.256. The Morgan fingerprint density at radius 3 is 2.56 bits per heavy atom. The lowest BCUT2D eigenvalue weighted by Gasteiger charge is -2.21. The van der Waals surface area contributed by atoms with Gasteiger partial charge in [0, 0.05) is 16.0 Å². The molecule has 2 nitrogen and oxygen atoms in total. The highest BCUT2D eigenvalue weighted by molar-refractivity contribution is 7.10. The molecule has 2 aromatic rings. The van der Waals surface area contributed by atoms with E-state index >= 15 is 0 Å². The normalized spacial score (nSPS) is 15.4. The molecule has 0 aliphatic carbocycles. The maximum atomic E-state index is 6.45. The fourth-order valence-corrected chi connectivity index (χ4v) is 3.31. The molecule has 0 N–H and O–H groups in total. The van der Waals surface area contributed by atoms with Crippen LogP contribution in [0.3, 0.4) is 0 Å². The fourth-order valence-electron chi connectivity index (χ4n) is 1.86. The Bertz CT molecular complexity index is 554. The Balaban J connectivity index is 2.01. The highest BCUT2D eigenvalue weighted by Gasteiger charge is 2.20. The van der Waals surface area contributed by atoms with E-state index in [2.05, 4.69) is 0 Å². The van der Waals surface area contributed by atoms with Gasteiger partial charge < -0.3 is 9.47 Å². The zero-order valence-corrected chi connectivity index (χ0v) is 11.7. The molecule has 5 heteroatoms. The number of hydrogen-bond donors (Lipinski definition) is 0. The second kappa shape index (κ2) is 5.00. The molecule has 0 saturated carbocycles. The molecule has 0 bridgehead atoms. The molecule has 1 aliphatic heterocycles. The van der Waals surface area contributed by atoms with E-state index in [9.17, 15) is 0 Å². The SMILES string of the molecule is Clc1cc2c(cc1C(Cl)c1cccs1)OCCO2. The number of rotatable bonds is 2. The molecule has 0 radical (unpaired) electrons. The van der Waals surface area contributed by atoms with Crippen molar-refractivity contribution in [3.8, 4) is 11.5 Å². The standard InChI is InChI=1S/C13H10Cl2O2S/c14-9-7-11-10(16-3-4-17-11)6-8(9)13(15)12-2-1-5-18-12/h1-2,5-7,13H,3-4H2. The van der Waals surface area contributed by atoms with E-state index < -0.39 is 0 Å². The summed E-state index contributed by atoms with van der Waals surface area (Å²) in [7, 11) is 0. The zero-order chi connectivity index (χ0) is 12.5. The molecule has 1 unspecified atom stereocenters. The maximum absolute atomic E-state index is 6.45. The topological polar surface area (TPSA) is 18.5 Å². The first-order valence-corrected chi connectivity index (χ1v) is 7.21. The van der Waals surface area contributed by atoms with Crippen molar-refractivity contribution in [2.75, 3.05) is 13.2 Å². The predicted molar refractivity (Wildman–Crippen MR) is 74.5 cm³/mol. The number of fused-ring (bicyclic) bond motifs is 1. The van der Waals surface area contributed by atoms with Crippen LogP contribution in [0.2, 0.25) is 5.02 Å². The van der Waals surface area contributed by atoms with Crippen molar-refractivity contribution >= 4 is 34.5 Å². The summed E-state index contributed by atoms with van der Waals surface area (Å²) in [5.41, 5.74) is 0.852. The Morgan fingerprint density at radius 1 is 1.17 bits per heavy atom. The van der Waals surface area contributed by atoms with Crippen LogP contribution in [0.1, 0.15) is 15.8 Å². The molecular weight excluding hydrogens is 291 g/mol. The van der Waals surface area contributed by atoms with Crippen LogP contribution in [0.5, 0.6) is 11.5 Å². The van der Waals surface area contributed by atoms with Crippen LogP contribution in [0, 0.1) is 0 Å². The van der Waals surface area contributed by atoms with Gasteiger partial charge in [0.15, 0.2) is 11.5 Å². The average molecular weight is 301 g/mol. The average Bonchev–Trinajstić information content (AvgIpc) is 2.91. The molecule has 2 heterocycles. The van der Waals surface area contributed by atoms with Crippen LogP contribution in [0.15, 0.2) is 29.6 Å². The molecule has 0 amide bonds. The lowest BCUT2D eigenvalue weighted by atomic mass is 10.1. The summed E-state index contributed by atoms with van der Waals surface area (Å²) in [6, 6.07) is 7.61. The first-order valence-electron chi connectivity index (χ1n) is 5.52. The summed E-state index contributed by atoms with van der Waals surface area (Å²) in [6.45, 7) is 1.11. The van der Waals surface area contributed by atoms with Gasteiger partial charge in [-0.1, -0.05) is 17.7 Å². The van der Waals surface area contributed by atoms with Crippen molar-refractivity contribution in [1.82, 2.24) is 0 Å². The van der Waals surface area contributed by atoms with Crippen molar-refractivity contribution in [2.24, 2.45) is 0 Å². The molecule has 0 spiro atoms. The third-order valence-electron chi connectivity index (χ3n) is 2.73. The Labute approximate surface area is 119 Å². The van der Waals surface area contributed by atoms with E-state index in [1.54, 1.807) is 17.4 Å². The lowest BCUT2D eigenvalue weighted by molar-refractivity contribution is 0.171. The number of halogens is 2. The molecule has 1 aliphatic rings. The van der Waals surface area contributed by atoms with E-state index in [1.165, 1.54) is 0 Å². The minimum Gasteiger partial charge on any atom is -0.486 e. The molecule has 18 heavy (non-hydrogen) atoms. The van der Waals surface area contributed by atoms with E-state index in [0.29, 0.717) is 29.7 Å². The summed E-state index contributed by atoms with van der Waals surface area (Å²) in [4.78, 5) is 1.07. The Morgan fingerprint density at radius 2 is 1.89 bits per heavy atom. The van der Waals surface area contributed by atoms with Gasteiger partial charge in [-0.25, -0.2) is 0 Å². The molecule has 94 valence electrons. The quantitative estimate of drug-likeness (QED) is 0.760. The molecule has 1 atom stereocenters. The third-order valence-corrected chi connectivity index (χ3v) is 4.59. The largest absolute Gasteiger partial charge is 0.486 e. The maximum Gasteiger partial charge on any atom is 0.162 e. The van der Waals surface area contributed by atoms with Gasteiger partial charge in [0.2, 0.25) is 0 Å². The van der Waals surface area contributed by atoms with Crippen molar-refractivity contribution < 1.29 is 9.47 Å². The summed E-state index contributed by atoms with van der Waals surface area (Å²) in [5, 5.41) is 2.34. The third kappa shape index (κ3) is 2.18. The van der Waals surface area contributed by atoms with Gasteiger partial charge in [0.25, 0.3) is 0 Å². The van der Waals surface area contributed by atoms with Gasteiger partial charge in [0.05, 0.1) is 5.38 Å². The molecule has 1 aromatic carbocycles. The number of alkyl halides is 1. The molecular formula is C13H10Cl2O2S. The monoisotopic (exact) mass is 300 g/mol. The summed E-state index contributed by atoms with van der Waals surface area (Å²) >= 11 is 14.3. The van der Waals surface area contributed by atoms with Gasteiger partial charge in [-0.15, -0.1) is 22.9 Å². The first-order chi connectivity index (χ1) is 8.75. The number of benzene rings is 1. The molecule has 1 aromatic heterocycles. The van der Waals surface area contributed by atoms with E-state index in [1.807, 2.05) is 23.6 Å². The van der Waals surface area contributed by atoms with Crippen molar-refractivity contribution in [2.45, 2.75) is 5.38 Å². The Kier molecular flexibility index (Phi) is 3.37. The van der Waals surface area contributed by atoms with E-state index in [0.717, 1.165) is 10.4 Å².